The van der Waals surface area contributed by atoms with E-state index in [1.54, 1.807) is 0 Å². The SMILES string of the molecule is C=C(NCC)\C(=C/C(=C\C)/C=C/C)CC. The van der Waals surface area contributed by atoms with Crippen molar-refractivity contribution in [2.24, 2.45) is 0 Å². The fourth-order valence-corrected chi connectivity index (χ4v) is 1.35. The zero-order valence-corrected chi connectivity index (χ0v) is 10.4. The lowest BCUT2D eigenvalue weighted by Crippen LogP contribution is -2.12. The maximum atomic E-state index is 4.03. The van der Waals surface area contributed by atoms with Crippen molar-refractivity contribution in [1.82, 2.24) is 5.32 Å². The average molecular weight is 205 g/mol. The van der Waals surface area contributed by atoms with E-state index in [2.05, 4.69) is 57.0 Å². The van der Waals surface area contributed by atoms with Crippen molar-refractivity contribution in [1.29, 1.82) is 0 Å². The van der Waals surface area contributed by atoms with Crippen molar-refractivity contribution in [3.8, 4) is 0 Å². The molecule has 0 atom stereocenters. The molecule has 0 aromatic heterocycles. The molecule has 0 aliphatic carbocycles. The summed E-state index contributed by atoms with van der Waals surface area (Å²) in [6.45, 7) is 13.3. The lowest BCUT2D eigenvalue weighted by Gasteiger charge is -2.10. The Kier molecular flexibility index (Phi) is 7.43. The quantitative estimate of drug-likeness (QED) is 0.647. The van der Waals surface area contributed by atoms with Crippen LogP contribution in [0, 0.1) is 0 Å². The van der Waals surface area contributed by atoms with Crippen LogP contribution in [0.25, 0.3) is 0 Å². The molecule has 0 unspecified atom stereocenters. The Labute approximate surface area is 94.3 Å². The van der Waals surface area contributed by atoms with Crippen molar-refractivity contribution in [2.75, 3.05) is 6.54 Å². The van der Waals surface area contributed by atoms with Crippen LogP contribution in [0.1, 0.15) is 34.1 Å². The number of nitrogens with one attached hydrogen (secondary N) is 1. The second-order valence-electron chi connectivity index (χ2n) is 3.32. The van der Waals surface area contributed by atoms with Gasteiger partial charge in [-0.2, -0.15) is 0 Å². The summed E-state index contributed by atoms with van der Waals surface area (Å²) in [4.78, 5) is 0. The highest BCUT2D eigenvalue weighted by molar-refractivity contribution is 5.39. The fourth-order valence-electron chi connectivity index (χ4n) is 1.35. The Balaban J connectivity index is 4.78. The third kappa shape index (κ3) is 5.26. The first-order valence-corrected chi connectivity index (χ1v) is 5.62. The summed E-state index contributed by atoms with van der Waals surface area (Å²) < 4.78 is 0. The van der Waals surface area contributed by atoms with Gasteiger partial charge in [0, 0.05) is 12.2 Å². The van der Waals surface area contributed by atoms with Gasteiger partial charge in [0.1, 0.15) is 0 Å². The van der Waals surface area contributed by atoms with Crippen LogP contribution < -0.4 is 5.32 Å². The number of hydrogen-bond acceptors (Lipinski definition) is 1. The van der Waals surface area contributed by atoms with Crippen molar-refractivity contribution in [3.05, 3.63) is 47.7 Å². The van der Waals surface area contributed by atoms with Gasteiger partial charge in [0.05, 0.1) is 0 Å². The van der Waals surface area contributed by atoms with Gasteiger partial charge in [-0.1, -0.05) is 37.8 Å². The Hall–Kier alpha value is -1.24. The highest BCUT2D eigenvalue weighted by Gasteiger charge is 1.99. The maximum absolute atomic E-state index is 4.03. The molecule has 0 aromatic rings. The summed E-state index contributed by atoms with van der Waals surface area (Å²) in [5, 5.41) is 3.25. The summed E-state index contributed by atoms with van der Waals surface area (Å²) in [6, 6.07) is 0. The monoisotopic (exact) mass is 205 g/mol. The minimum Gasteiger partial charge on any atom is -0.386 e. The molecule has 0 heterocycles. The Bertz CT molecular complexity index is 280. The molecule has 0 bridgehead atoms. The Morgan fingerprint density at radius 3 is 2.33 bits per heavy atom. The molecular formula is C14H23N. The molecule has 0 saturated carbocycles. The van der Waals surface area contributed by atoms with Gasteiger partial charge in [0.25, 0.3) is 0 Å². The average Bonchev–Trinajstić information content (AvgIpc) is 2.24. The highest BCUT2D eigenvalue weighted by Crippen LogP contribution is 2.13. The van der Waals surface area contributed by atoms with Crippen LogP contribution in [0.3, 0.4) is 0 Å². The number of allylic oxidation sites excluding steroid dienone is 6. The first-order valence-electron chi connectivity index (χ1n) is 5.62. The van der Waals surface area contributed by atoms with Crippen molar-refractivity contribution in [3.63, 3.8) is 0 Å². The molecule has 0 radical (unpaired) electrons. The summed E-state index contributed by atoms with van der Waals surface area (Å²) in [5.74, 6) is 0. The maximum Gasteiger partial charge on any atom is 0.0299 e. The van der Waals surface area contributed by atoms with E-state index in [-0.39, 0.29) is 0 Å². The molecule has 84 valence electrons. The number of hydrogen-bond donors (Lipinski definition) is 1. The molecule has 0 fully saturated rings. The molecule has 1 nitrogen and oxygen atoms in total. The molecule has 1 N–H and O–H groups in total. The summed E-state index contributed by atoms with van der Waals surface area (Å²) in [7, 11) is 0. The number of rotatable bonds is 6. The minimum absolute atomic E-state index is 0.922. The van der Waals surface area contributed by atoms with Gasteiger partial charge in [-0.25, -0.2) is 0 Å². The van der Waals surface area contributed by atoms with Crippen molar-refractivity contribution < 1.29 is 0 Å². The molecule has 0 aromatic carbocycles. The second kappa shape index (κ2) is 8.10. The summed E-state index contributed by atoms with van der Waals surface area (Å²) >= 11 is 0. The van der Waals surface area contributed by atoms with E-state index in [0.717, 1.165) is 18.7 Å². The van der Waals surface area contributed by atoms with Crippen LogP contribution in [-0.4, -0.2) is 6.54 Å². The van der Waals surface area contributed by atoms with E-state index in [0.29, 0.717) is 0 Å². The van der Waals surface area contributed by atoms with Gasteiger partial charge in [-0.3, -0.25) is 0 Å². The molecule has 0 aliphatic heterocycles. The van der Waals surface area contributed by atoms with Gasteiger partial charge in [0.2, 0.25) is 0 Å². The van der Waals surface area contributed by atoms with E-state index in [9.17, 15) is 0 Å². The van der Waals surface area contributed by atoms with Crippen molar-refractivity contribution in [2.45, 2.75) is 34.1 Å². The first kappa shape index (κ1) is 13.8. The summed E-state index contributed by atoms with van der Waals surface area (Å²) in [5.41, 5.74) is 3.53. The predicted molar refractivity (Wildman–Crippen MR) is 69.8 cm³/mol. The lowest BCUT2D eigenvalue weighted by molar-refractivity contribution is 0.850. The number of likely N-dealkylation sites (N-methyl/N-ethyl adjacent to an activating group) is 1. The molecule has 0 aliphatic rings. The fraction of sp³-hybridized carbons (Fsp3) is 0.429. The van der Waals surface area contributed by atoms with E-state index in [1.165, 1.54) is 11.1 Å². The molecule has 0 rings (SSSR count). The van der Waals surface area contributed by atoms with E-state index >= 15 is 0 Å². The van der Waals surface area contributed by atoms with Gasteiger partial charge >= 0.3 is 0 Å². The van der Waals surface area contributed by atoms with Crippen LogP contribution >= 0.6 is 0 Å². The van der Waals surface area contributed by atoms with E-state index in [1.807, 2.05) is 6.92 Å². The zero-order chi connectivity index (χ0) is 11.7. The van der Waals surface area contributed by atoms with Crippen LogP contribution in [0.5, 0.6) is 0 Å². The van der Waals surface area contributed by atoms with Crippen LogP contribution in [-0.2, 0) is 0 Å². The third-order valence-corrected chi connectivity index (χ3v) is 2.19. The molecular weight excluding hydrogens is 182 g/mol. The molecule has 15 heavy (non-hydrogen) atoms. The largest absolute Gasteiger partial charge is 0.386 e. The van der Waals surface area contributed by atoms with Gasteiger partial charge in [-0.05, 0) is 38.3 Å². The predicted octanol–water partition coefficient (Wildman–Crippen LogP) is 3.97. The van der Waals surface area contributed by atoms with Gasteiger partial charge in [0.15, 0.2) is 0 Å². The molecule has 1 heteroatoms. The third-order valence-electron chi connectivity index (χ3n) is 2.19. The first-order chi connectivity index (χ1) is 7.19. The van der Waals surface area contributed by atoms with E-state index in [4.69, 9.17) is 0 Å². The molecule has 0 amide bonds. The molecule has 0 spiro atoms. The van der Waals surface area contributed by atoms with Gasteiger partial charge in [-0.15, -0.1) is 0 Å². The standard InChI is InChI=1S/C14H23N/c1-6-10-13(7-2)11-14(8-3)12(5)15-9-4/h6-7,10-11,15H,5,8-9H2,1-4H3/b10-6+,13-7-,14-11-. The Morgan fingerprint density at radius 1 is 1.27 bits per heavy atom. The zero-order valence-electron chi connectivity index (χ0n) is 10.4. The Morgan fingerprint density at radius 2 is 1.93 bits per heavy atom. The van der Waals surface area contributed by atoms with Gasteiger partial charge < -0.3 is 5.32 Å². The molecule has 0 saturated heterocycles. The smallest absolute Gasteiger partial charge is 0.0299 e. The van der Waals surface area contributed by atoms with E-state index < -0.39 is 0 Å². The van der Waals surface area contributed by atoms with Crippen LogP contribution in [0.15, 0.2) is 47.7 Å². The van der Waals surface area contributed by atoms with Crippen LogP contribution in [0.4, 0.5) is 0 Å². The van der Waals surface area contributed by atoms with Crippen LogP contribution in [0.2, 0.25) is 0 Å². The second-order valence-corrected chi connectivity index (χ2v) is 3.32. The topological polar surface area (TPSA) is 12.0 Å². The normalized spacial score (nSPS) is 13.3. The lowest BCUT2D eigenvalue weighted by atomic mass is 10.1. The summed E-state index contributed by atoms with van der Waals surface area (Å²) in [6.07, 6.45) is 9.45. The highest BCUT2D eigenvalue weighted by atomic mass is 14.9. The van der Waals surface area contributed by atoms with Crippen molar-refractivity contribution >= 4 is 0 Å². The minimum atomic E-state index is 0.922.